The van der Waals surface area contributed by atoms with E-state index < -0.39 is 0 Å². The van der Waals surface area contributed by atoms with Crippen molar-refractivity contribution in [3.8, 4) is 0 Å². The van der Waals surface area contributed by atoms with E-state index in [4.69, 9.17) is 0 Å². The Morgan fingerprint density at radius 1 is 1.29 bits per heavy atom. The number of halogens is 1. The summed E-state index contributed by atoms with van der Waals surface area (Å²) in [6, 6.07) is 7.78. The minimum atomic E-state index is -0.0714. The fourth-order valence-electron chi connectivity index (χ4n) is 1.50. The van der Waals surface area contributed by atoms with Crippen LogP contribution in [0.5, 0.6) is 0 Å². The molecule has 0 spiro atoms. The Hall–Kier alpha value is -1.53. The van der Waals surface area contributed by atoms with Crippen molar-refractivity contribution in [2.75, 3.05) is 0 Å². The molecule has 6 heteroatoms. The van der Waals surface area contributed by atoms with Gasteiger partial charge in [-0.3, -0.25) is 4.79 Å². The molecule has 0 saturated heterocycles. The van der Waals surface area contributed by atoms with Gasteiger partial charge in [-0.2, -0.15) is 0 Å². The Morgan fingerprint density at radius 2 is 2.06 bits per heavy atom. The van der Waals surface area contributed by atoms with Crippen LogP contribution in [0.1, 0.15) is 5.56 Å². The second kappa shape index (κ2) is 4.05. The van der Waals surface area contributed by atoms with E-state index in [1.165, 1.54) is 22.1 Å². The molecule has 84 valence electrons. The summed E-state index contributed by atoms with van der Waals surface area (Å²) in [6.07, 6.45) is 3.29. The summed E-state index contributed by atoms with van der Waals surface area (Å²) in [5.41, 5.74) is 0.917. The van der Waals surface area contributed by atoms with Crippen LogP contribution >= 0.6 is 27.3 Å². The summed E-state index contributed by atoms with van der Waals surface area (Å²) in [5, 5.41) is 7.55. The van der Waals surface area contributed by atoms with Crippen molar-refractivity contribution in [1.82, 2.24) is 14.6 Å². The SMILES string of the molecule is O=c1c(=Cc2ccc(Br)cc2)sc2nncn12. The minimum absolute atomic E-state index is 0.0714. The zero-order valence-corrected chi connectivity index (χ0v) is 10.9. The van der Waals surface area contributed by atoms with Crippen LogP contribution < -0.4 is 10.1 Å². The topological polar surface area (TPSA) is 47.3 Å². The lowest BCUT2D eigenvalue weighted by Crippen LogP contribution is -2.22. The highest BCUT2D eigenvalue weighted by atomic mass is 79.9. The monoisotopic (exact) mass is 307 g/mol. The van der Waals surface area contributed by atoms with Crippen LogP contribution in [0.25, 0.3) is 11.0 Å². The molecule has 0 aliphatic heterocycles. The third-order valence-electron chi connectivity index (χ3n) is 2.32. The average Bonchev–Trinajstić information content (AvgIpc) is 2.87. The second-order valence-corrected chi connectivity index (χ2v) is 5.38. The number of hydrogen-bond donors (Lipinski definition) is 0. The highest BCUT2D eigenvalue weighted by Crippen LogP contribution is 2.10. The first-order valence-corrected chi connectivity index (χ1v) is 6.45. The Kier molecular flexibility index (Phi) is 2.53. The van der Waals surface area contributed by atoms with Crippen molar-refractivity contribution in [1.29, 1.82) is 0 Å². The molecule has 4 nitrogen and oxygen atoms in total. The van der Waals surface area contributed by atoms with Crippen LogP contribution in [0.15, 0.2) is 39.9 Å². The van der Waals surface area contributed by atoms with Crippen molar-refractivity contribution in [3.05, 3.63) is 55.5 Å². The maximum Gasteiger partial charge on any atom is 0.275 e. The summed E-state index contributed by atoms with van der Waals surface area (Å²) in [6.45, 7) is 0. The molecule has 3 aromatic rings. The predicted octanol–water partition coefficient (Wildman–Crippen LogP) is 1.46. The molecule has 1 aromatic carbocycles. The van der Waals surface area contributed by atoms with Crippen LogP contribution in [0, 0.1) is 0 Å². The fourth-order valence-corrected chi connectivity index (χ4v) is 2.65. The first-order valence-electron chi connectivity index (χ1n) is 4.84. The van der Waals surface area contributed by atoms with Crippen LogP contribution in [0.2, 0.25) is 0 Å². The van der Waals surface area contributed by atoms with Gasteiger partial charge in [-0.05, 0) is 23.8 Å². The number of hydrogen-bond acceptors (Lipinski definition) is 4. The van der Waals surface area contributed by atoms with Crippen molar-refractivity contribution in [2.24, 2.45) is 0 Å². The van der Waals surface area contributed by atoms with Crippen molar-refractivity contribution in [2.45, 2.75) is 0 Å². The fraction of sp³-hybridized carbons (Fsp3) is 0. The number of fused-ring (bicyclic) bond motifs is 1. The van der Waals surface area contributed by atoms with Gasteiger partial charge in [0.1, 0.15) is 6.33 Å². The van der Waals surface area contributed by atoms with Gasteiger partial charge in [0.2, 0.25) is 4.96 Å². The number of aromatic nitrogens is 3. The van der Waals surface area contributed by atoms with Gasteiger partial charge < -0.3 is 0 Å². The first-order chi connectivity index (χ1) is 8.24. The van der Waals surface area contributed by atoms with E-state index in [9.17, 15) is 4.79 Å². The van der Waals surface area contributed by atoms with Crippen LogP contribution in [-0.4, -0.2) is 14.6 Å². The van der Waals surface area contributed by atoms with E-state index in [1.807, 2.05) is 30.3 Å². The average molecular weight is 308 g/mol. The van der Waals surface area contributed by atoms with E-state index >= 15 is 0 Å². The number of nitrogens with zero attached hydrogens (tertiary/aromatic N) is 3. The number of rotatable bonds is 1. The summed E-state index contributed by atoms with van der Waals surface area (Å²) < 4.78 is 3.13. The standard InChI is InChI=1S/C11H6BrN3OS/c12-8-3-1-7(2-4-8)5-9-10(16)15-6-13-14-11(15)17-9/h1-6H. The molecule has 0 aliphatic carbocycles. The molecule has 0 amide bonds. The smallest absolute Gasteiger partial charge is 0.267 e. The number of thiazole rings is 1. The summed E-state index contributed by atoms with van der Waals surface area (Å²) in [4.78, 5) is 12.5. The summed E-state index contributed by atoms with van der Waals surface area (Å²) >= 11 is 4.71. The molecule has 0 saturated carbocycles. The third-order valence-corrected chi connectivity index (χ3v) is 3.82. The van der Waals surface area contributed by atoms with Crippen molar-refractivity contribution in [3.63, 3.8) is 0 Å². The molecule has 0 aliphatic rings. The Morgan fingerprint density at radius 3 is 2.76 bits per heavy atom. The molecule has 0 bridgehead atoms. The molecule has 0 unspecified atom stereocenters. The lowest BCUT2D eigenvalue weighted by Gasteiger charge is -1.91. The highest BCUT2D eigenvalue weighted by molar-refractivity contribution is 9.10. The lowest BCUT2D eigenvalue weighted by atomic mass is 10.2. The van der Waals surface area contributed by atoms with Gasteiger partial charge in [0.25, 0.3) is 5.56 Å². The molecule has 0 fully saturated rings. The van der Waals surface area contributed by atoms with Crippen molar-refractivity contribution >= 4 is 38.3 Å². The molecular weight excluding hydrogens is 302 g/mol. The molecule has 17 heavy (non-hydrogen) atoms. The summed E-state index contributed by atoms with van der Waals surface area (Å²) in [5.74, 6) is 0. The van der Waals surface area contributed by atoms with Gasteiger partial charge in [-0.25, -0.2) is 4.40 Å². The van der Waals surface area contributed by atoms with Gasteiger partial charge in [0.15, 0.2) is 0 Å². The molecule has 2 aromatic heterocycles. The van der Waals surface area contributed by atoms with Crippen LogP contribution in [0.3, 0.4) is 0 Å². The Bertz CT molecular complexity index is 775. The maximum absolute atomic E-state index is 11.9. The van der Waals surface area contributed by atoms with Gasteiger partial charge >= 0.3 is 0 Å². The largest absolute Gasteiger partial charge is 0.275 e. The Balaban J connectivity index is 2.20. The van der Waals surface area contributed by atoms with Gasteiger partial charge in [0.05, 0.1) is 4.53 Å². The predicted molar refractivity (Wildman–Crippen MR) is 70.1 cm³/mol. The summed E-state index contributed by atoms with van der Waals surface area (Å²) in [7, 11) is 0. The molecule has 0 atom stereocenters. The van der Waals surface area contributed by atoms with Gasteiger partial charge in [0, 0.05) is 4.47 Å². The first kappa shape index (κ1) is 10.6. The van der Waals surface area contributed by atoms with E-state index in [-0.39, 0.29) is 5.56 Å². The van der Waals surface area contributed by atoms with E-state index in [0.717, 1.165) is 10.0 Å². The number of benzene rings is 1. The minimum Gasteiger partial charge on any atom is -0.267 e. The van der Waals surface area contributed by atoms with E-state index in [1.54, 1.807) is 0 Å². The normalized spacial score (nSPS) is 12.4. The zero-order chi connectivity index (χ0) is 11.8. The molecule has 0 radical (unpaired) electrons. The van der Waals surface area contributed by atoms with Gasteiger partial charge in [-0.15, -0.1) is 10.2 Å². The Labute approximate surface area is 108 Å². The van der Waals surface area contributed by atoms with Gasteiger partial charge in [-0.1, -0.05) is 39.4 Å². The van der Waals surface area contributed by atoms with Crippen LogP contribution in [0.4, 0.5) is 0 Å². The molecule has 2 heterocycles. The molecule has 3 rings (SSSR count). The quantitative estimate of drug-likeness (QED) is 0.684. The van der Waals surface area contributed by atoms with E-state index in [2.05, 4.69) is 26.1 Å². The zero-order valence-electron chi connectivity index (χ0n) is 8.50. The second-order valence-electron chi connectivity index (χ2n) is 3.45. The van der Waals surface area contributed by atoms with Crippen molar-refractivity contribution < 1.29 is 0 Å². The highest BCUT2D eigenvalue weighted by Gasteiger charge is 2.04. The molecular formula is C11H6BrN3OS. The van der Waals surface area contributed by atoms with E-state index in [0.29, 0.717) is 9.49 Å². The lowest BCUT2D eigenvalue weighted by molar-refractivity contribution is 1.08. The van der Waals surface area contributed by atoms with Crippen LogP contribution in [-0.2, 0) is 0 Å². The molecule has 0 N–H and O–H groups in total. The maximum atomic E-state index is 11.9. The third kappa shape index (κ3) is 1.89.